The first-order valence-corrected chi connectivity index (χ1v) is 11.2. The van der Waals surface area contributed by atoms with E-state index < -0.39 is 11.5 Å². The third-order valence-corrected chi connectivity index (χ3v) is 6.99. The largest absolute Gasteiger partial charge is 0.476 e. The second-order valence-corrected chi connectivity index (χ2v) is 8.92. The molecule has 1 fully saturated rings. The summed E-state index contributed by atoms with van der Waals surface area (Å²) < 4.78 is 2.09. The molecule has 0 bridgehead atoms. The summed E-state index contributed by atoms with van der Waals surface area (Å²) in [5.41, 5.74) is 0.252. The number of para-hydroxylation sites is 1. The van der Waals surface area contributed by atoms with E-state index in [4.69, 9.17) is 4.98 Å². The zero-order valence-corrected chi connectivity index (χ0v) is 17.9. The summed E-state index contributed by atoms with van der Waals surface area (Å²) in [6, 6.07) is 14.4. The van der Waals surface area contributed by atoms with E-state index >= 15 is 0 Å². The Labute approximate surface area is 186 Å². The molecule has 1 aliphatic rings. The Morgan fingerprint density at radius 1 is 1.09 bits per heavy atom. The molecule has 1 atom stereocenters. The molecule has 162 valence electrons. The lowest BCUT2D eigenvalue weighted by Gasteiger charge is -2.31. The Bertz CT molecular complexity index is 1380. The maximum atomic E-state index is 13.0. The zero-order valence-electron chi connectivity index (χ0n) is 17.1. The molecule has 1 amide bonds. The van der Waals surface area contributed by atoms with Crippen LogP contribution in [0.3, 0.4) is 0 Å². The van der Waals surface area contributed by atoms with E-state index in [9.17, 15) is 19.5 Å². The van der Waals surface area contributed by atoms with Crippen LogP contribution in [0.1, 0.15) is 34.3 Å². The van der Waals surface area contributed by atoms with E-state index in [0.29, 0.717) is 13.1 Å². The highest BCUT2D eigenvalue weighted by Gasteiger charge is 2.28. The number of nitrogens with zero attached hydrogens (tertiary/aromatic N) is 4. The van der Waals surface area contributed by atoms with Gasteiger partial charge in [-0.1, -0.05) is 30.3 Å². The number of carbonyl (C=O) groups excluding carboxylic acids is 1. The van der Waals surface area contributed by atoms with E-state index in [0.717, 1.165) is 32.7 Å². The van der Waals surface area contributed by atoms with Crippen molar-refractivity contribution in [2.45, 2.75) is 25.3 Å². The van der Waals surface area contributed by atoms with Gasteiger partial charge in [-0.25, -0.2) is 14.5 Å². The molecule has 5 rings (SSSR count). The number of hydrogen-bond acceptors (Lipinski definition) is 6. The summed E-state index contributed by atoms with van der Waals surface area (Å²) in [7, 11) is 0. The Balaban J connectivity index is 1.40. The number of carboxylic acid groups (broad SMARTS) is 1. The lowest BCUT2D eigenvalue weighted by atomic mass is 9.98. The first-order chi connectivity index (χ1) is 15.5. The van der Waals surface area contributed by atoms with Crippen LogP contribution in [0.5, 0.6) is 0 Å². The van der Waals surface area contributed by atoms with Crippen molar-refractivity contribution in [3.05, 3.63) is 69.6 Å². The number of hydrogen-bond donors (Lipinski definition) is 1. The highest BCUT2D eigenvalue weighted by atomic mass is 32.1. The molecule has 0 spiro atoms. The average Bonchev–Trinajstić information content (AvgIpc) is 3.25. The van der Waals surface area contributed by atoms with Gasteiger partial charge in [0.05, 0.1) is 20.6 Å². The van der Waals surface area contributed by atoms with E-state index in [1.807, 2.05) is 24.3 Å². The van der Waals surface area contributed by atoms with Crippen LogP contribution in [-0.4, -0.2) is 49.7 Å². The fourth-order valence-corrected chi connectivity index (χ4v) is 5.29. The van der Waals surface area contributed by atoms with Crippen LogP contribution in [0.4, 0.5) is 0 Å². The van der Waals surface area contributed by atoms with Gasteiger partial charge in [0, 0.05) is 24.4 Å². The van der Waals surface area contributed by atoms with Gasteiger partial charge in [0.1, 0.15) is 6.54 Å². The second-order valence-electron chi connectivity index (χ2n) is 7.86. The van der Waals surface area contributed by atoms with Crippen molar-refractivity contribution >= 4 is 44.2 Å². The number of rotatable bonds is 4. The highest BCUT2D eigenvalue weighted by Crippen LogP contribution is 2.33. The molecule has 1 aliphatic heterocycles. The van der Waals surface area contributed by atoms with Gasteiger partial charge < -0.3 is 10.0 Å². The maximum Gasteiger partial charge on any atom is 0.357 e. The van der Waals surface area contributed by atoms with Crippen molar-refractivity contribution in [1.82, 2.24) is 19.7 Å². The van der Waals surface area contributed by atoms with Crippen LogP contribution < -0.4 is 5.56 Å². The Kier molecular flexibility index (Phi) is 5.18. The molecular formula is C23H20N4O4S. The van der Waals surface area contributed by atoms with Gasteiger partial charge in [0.2, 0.25) is 5.91 Å². The minimum absolute atomic E-state index is 0.140. The van der Waals surface area contributed by atoms with Gasteiger partial charge >= 0.3 is 5.97 Å². The number of aromatic nitrogens is 3. The summed E-state index contributed by atoms with van der Waals surface area (Å²) >= 11 is 1.65. The lowest BCUT2D eigenvalue weighted by molar-refractivity contribution is -0.133. The SMILES string of the molecule is O=C(O)c1nn(CC(=O)N2CCC[C@H](c3nc4ccccc4s3)C2)c(=O)c2ccccc12. The first-order valence-electron chi connectivity index (χ1n) is 10.4. The molecule has 3 heterocycles. The first kappa shape index (κ1) is 20.3. The molecule has 0 aliphatic carbocycles. The lowest BCUT2D eigenvalue weighted by Crippen LogP contribution is -2.42. The third-order valence-electron chi connectivity index (χ3n) is 5.79. The predicted octanol–water partition coefficient (Wildman–Crippen LogP) is 3.11. The number of aromatic carboxylic acids is 1. The molecule has 2 aromatic carbocycles. The van der Waals surface area contributed by atoms with Crippen LogP contribution >= 0.6 is 11.3 Å². The summed E-state index contributed by atoms with van der Waals surface area (Å²) in [5.74, 6) is -1.35. The molecule has 32 heavy (non-hydrogen) atoms. The van der Waals surface area contributed by atoms with Crippen molar-refractivity contribution in [1.29, 1.82) is 0 Å². The number of carboxylic acids is 1. The number of likely N-dealkylation sites (tertiary alicyclic amines) is 1. The quantitative estimate of drug-likeness (QED) is 0.514. The molecule has 0 unspecified atom stereocenters. The van der Waals surface area contributed by atoms with E-state index in [1.165, 1.54) is 0 Å². The predicted molar refractivity (Wildman–Crippen MR) is 121 cm³/mol. The van der Waals surface area contributed by atoms with E-state index in [2.05, 4.69) is 5.10 Å². The summed E-state index contributed by atoms with van der Waals surface area (Å²) in [4.78, 5) is 44.0. The van der Waals surface area contributed by atoms with Gasteiger partial charge in [-0.3, -0.25) is 9.59 Å². The van der Waals surface area contributed by atoms with Crippen LogP contribution in [0, 0.1) is 0 Å². The van der Waals surface area contributed by atoms with Crippen LogP contribution in [0.2, 0.25) is 0 Å². The van der Waals surface area contributed by atoms with Crippen molar-refractivity contribution in [2.75, 3.05) is 13.1 Å². The molecule has 1 saturated heterocycles. The summed E-state index contributed by atoms with van der Waals surface area (Å²) in [6.45, 7) is 0.817. The number of fused-ring (bicyclic) bond motifs is 2. The van der Waals surface area contributed by atoms with Crippen molar-refractivity contribution in [2.24, 2.45) is 0 Å². The van der Waals surface area contributed by atoms with Crippen molar-refractivity contribution in [3.63, 3.8) is 0 Å². The average molecular weight is 449 g/mol. The van der Waals surface area contributed by atoms with Gasteiger partial charge in [-0.15, -0.1) is 11.3 Å². The molecule has 8 nitrogen and oxygen atoms in total. The third kappa shape index (κ3) is 3.64. The summed E-state index contributed by atoms with van der Waals surface area (Å²) in [6.07, 6.45) is 1.79. The van der Waals surface area contributed by atoms with Crippen molar-refractivity contribution < 1.29 is 14.7 Å². The van der Waals surface area contributed by atoms with Gasteiger partial charge in [-0.05, 0) is 31.0 Å². The Morgan fingerprint density at radius 3 is 2.62 bits per heavy atom. The fraction of sp³-hybridized carbons (Fsp3) is 0.261. The number of benzene rings is 2. The molecule has 9 heteroatoms. The normalized spacial score (nSPS) is 16.5. The topological polar surface area (TPSA) is 105 Å². The number of thiazole rings is 1. The van der Waals surface area contributed by atoms with Gasteiger partial charge in [0.15, 0.2) is 5.69 Å². The minimum Gasteiger partial charge on any atom is -0.476 e. The zero-order chi connectivity index (χ0) is 22.2. The number of carbonyl (C=O) groups is 2. The van der Waals surface area contributed by atoms with E-state index in [1.54, 1.807) is 40.5 Å². The summed E-state index contributed by atoms with van der Waals surface area (Å²) in [5, 5.41) is 15.0. The van der Waals surface area contributed by atoms with E-state index in [-0.39, 0.29) is 34.8 Å². The molecule has 0 radical (unpaired) electrons. The van der Waals surface area contributed by atoms with Crippen molar-refractivity contribution in [3.8, 4) is 0 Å². The number of amides is 1. The Hall–Kier alpha value is -3.59. The Morgan fingerprint density at radius 2 is 1.84 bits per heavy atom. The fourth-order valence-electron chi connectivity index (χ4n) is 4.20. The van der Waals surface area contributed by atoms with Crippen LogP contribution in [0.15, 0.2) is 53.3 Å². The molecular weight excluding hydrogens is 428 g/mol. The monoisotopic (exact) mass is 448 g/mol. The highest BCUT2D eigenvalue weighted by molar-refractivity contribution is 7.18. The molecule has 2 aromatic heterocycles. The van der Waals surface area contributed by atoms with Gasteiger partial charge in [-0.2, -0.15) is 5.10 Å². The number of piperidine rings is 1. The molecule has 4 aromatic rings. The minimum atomic E-state index is -1.24. The second kappa shape index (κ2) is 8.16. The maximum absolute atomic E-state index is 13.0. The standard InChI is InChI=1S/C23H20N4O4S/c28-19(13-27-22(29)16-8-2-1-7-15(16)20(25-27)23(30)31)26-11-5-6-14(12-26)21-24-17-9-3-4-10-18(17)32-21/h1-4,7-10,14H,5-6,11-13H2,(H,30,31)/t14-/m0/s1. The van der Waals surface area contributed by atoms with Crippen LogP contribution in [-0.2, 0) is 11.3 Å². The van der Waals surface area contributed by atoms with Gasteiger partial charge in [0.25, 0.3) is 5.56 Å². The molecule has 1 N–H and O–H groups in total. The smallest absolute Gasteiger partial charge is 0.357 e. The molecule has 0 saturated carbocycles. The van der Waals surface area contributed by atoms with Crippen LogP contribution in [0.25, 0.3) is 21.0 Å².